The third kappa shape index (κ3) is 2.95. The van der Waals surface area contributed by atoms with Crippen molar-refractivity contribution in [2.45, 2.75) is 26.8 Å². The van der Waals surface area contributed by atoms with E-state index in [4.69, 9.17) is 18.0 Å². The standard InChI is InChI=1S/C12H17BrN2S/c1-4-15(8(2)3)11-6-5-9(12(14)16)7-10(11)13/h5-8H,4H2,1-3H3,(H2,14,16). The van der Waals surface area contributed by atoms with Crippen molar-refractivity contribution < 1.29 is 0 Å². The van der Waals surface area contributed by atoms with Gasteiger partial charge in [-0.3, -0.25) is 0 Å². The Hall–Kier alpha value is -0.610. The van der Waals surface area contributed by atoms with E-state index < -0.39 is 0 Å². The van der Waals surface area contributed by atoms with Gasteiger partial charge in [-0.25, -0.2) is 0 Å². The molecule has 0 aromatic heterocycles. The van der Waals surface area contributed by atoms with Gasteiger partial charge in [0.15, 0.2) is 0 Å². The maximum atomic E-state index is 5.60. The van der Waals surface area contributed by atoms with Crippen molar-refractivity contribution in [2.75, 3.05) is 11.4 Å². The molecule has 0 atom stereocenters. The fourth-order valence-corrected chi connectivity index (χ4v) is 2.44. The maximum Gasteiger partial charge on any atom is 0.104 e. The van der Waals surface area contributed by atoms with Gasteiger partial charge < -0.3 is 10.6 Å². The van der Waals surface area contributed by atoms with E-state index in [2.05, 4.69) is 47.7 Å². The molecule has 0 amide bonds. The van der Waals surface area contributed by atoms with Crippen molar-refractivity contribution in [3.63, 3.8) is 0 Å². The second-order valence-electron chi connectivity index (χ2n) is 3.91. The molecule has 1 aromatic carbocycles. The zero-order chi connectivity index (χ0) is 12.3. The van der Waals surface area contributed by atoms with E-state index in [0.29, 0.717) is 11.0 Å². The molecule has 4 heteroatoms. The molecule has 0 unspecified atom stereocenters. The monoisotopic (exact) mass is 300 g/mol. The number of thiocarbonyl (C=S) groups is 1. The van der Waals surface area contributed by atoms with Crippen LogP contribution in [0.2, 0.25) is 0 Å². The largest absolute Gasteiger partial charge is 0.389 e. The average Bonchev–Trinajstić information content (AvgIpc) is 2.20. The Balaban J connectivity index is 3.11. The zero-order valence-corrected chi connectivity index (χ0v) is 12.2. The molecule has 2 N–H and O–H groups in total. The van der Waals surface area contributed by atoms with Gasteiger partial charge in [0.2, 0.25) is 0 Å². The minimum atomic E-state index is 0.430. The number of anilines is 1. The van der Waals surface area contributed by atoms with Gasteiger partial charge in [-0.05, 0) is 54.9 Å². The van der Waals surface area contributed by atoms with Crippen molar-refractivity contribution in [3.05, 3.63) is 28.2 Å². The highest BCUT2D eigenvalue weighted by molar-refractivity contribution is 9.10. The number of rotatable bonds is 4. The number of hydrogen-bond acceptors (Lipinski definition) is 2. The predicted molar refractivity (Wildman–Crippen MR) is 78.2 cm³/mol. The number of halogens is 1. The van der Waals surface area contributed by atoms with E-state index >= 15 is 0 Å². The topological polar surface area (TPSA) is 29.3 Å². The molecule has 0 heterocycles. The van der Waals surface area contributed by atoms with Crippen LogP contribution < -0.4 is 10.6 Å². The lowest BCUT2D eigenvalue weighted by Crippen LogP contribution is -2.30. The van der Waals surface area contributed by atoms with Crippen LogP contribution >= 0.6 is 28.1 Å². The molecule has 88 valence electrons. The van der Waals surface area contributed by atoms with Crippen LogP contribution in [0, 0.1) is 0 Å². The van der Waals surface area contributed by atoms with E-state index in [-0.39, 0.29) is 0 Å². The van der Waals surface area contributed by atoms with Crippen LogP contribution in [0.5, 0.6) is 0 Å². The summed E-state index contributed by atoms with van der Waals surface area (Å²) < 4.78 is 1.04. The van der Waals surface area contributed by atoms with Crippen LogP contribution in [0.4, 0.5) is 5.69 Å². The normalized spacial score (nSPS) is 10.6. The number of nitrogens with two attached hydrogens (primary N) is 1. The summed E-state index contributed by atoms with van der Waals surface area (Å²) in [6.07, 6.45) is 0. The highest BCUT2D eigenvalue weighted by atomic mass is 79.9. The van der Waals surface area contributed by atoms with Gasteiger partial charge in [-0.15, -0.1) is 0 Å². The smallest absolute Gasteiger partial charge is 0.104 e. The summed E-state index contributed by atoms with van der Waals surface area (Å²) in [6, 6.07) is 6.47. The summed E-state index contributed by atoms with van der Waals surface area (Å²) in [5, 5.41) is 0. The molecule has 0 bridgehead atoms. The summed E-state index contributed by atoms with van der Waals surface area (Å²) >= 11 is 8.52. The summed E-state index contributed by atoms with van der Waals surface area (Å²) in [6.45, 7) is 7.48. The second-order valence-corrected chi connectivity index (χ2v) is 5.20. The van der Waals surface area contributed by atoms with Crippen LogP contribution in [0.25, 0.3) is 0 Å². The Morgan fingerprint density at radius 2 is 2.12 bits per heavy atom. The van der Waals surface area contributed by atoms with Crippen LogP contribution in [0.3, 0.4) is 0 Å². The fourth-order valence-electron chi connectivity index (χ4n) is 1.71. The highest BCUT2D eigenvalue weighted by Crippen LogP contribution is 2.28. The highest BCUT2D eigenvalue weighted by Gasteiger charge is 2.12. The van der Waals surface area contributed by atoms with E-state index in [9.17, 15) is 0 Å². The molecule has 0 spiro atoms. The first kappa shape index (κ1) is 13.5. The molecule has 0 aliphatic heterocycles. The molecule has 16 heavy (non-hydrogen) atoms. The van der Waals surface area contributed by atoms with Gasteiger partial charge in [0.05, 0.1) is 5.69 Å². The van der Waals surface area contributed by atoms with Crippen molar-refractivity contribution in [1.82, 2.24) is 0 Å². The lowest BCUT2D eigenvalue weighted by atomic mass is 10.1. The quantitative estimate of drug-likeness (QED) is 0.865. The Labute approximate surface area is 111 Å². The predicted octanol–water partition coefficient (Wildman–Crippen LogP) is 3.32. The van der Waals surface area contributed by atoms with Gasteiger partial charge in [0.25, 0.3) is 0 Å². The van der Waals surface area contributed by atoms with Crippen LogP contribution in [-0.2, 0) is 0 Å². The SMILES string of the molecule is CCN(c1ccc(C(N)=S)cc1Br)C(C)C. The first-order chi connectivity index (χ1) is 7.47. The summed E-state index contributed by atoms with van der Waals surface area (Å²) in [5.74, 6) is 0. The minimum Gasteiger partial charge on any atom is -0.389 e. The fraction of sp³-hybridized carbons (Fsp3) is 0.417. The van der Waals surface area contributed by atoms with Gasteiger partial charge in [-0.1, -0.05) is 12.2 Å². The molecule has 1 aromatic rings. The zero-order valence-electron chi connectivity index (χ0n) is 9.83. The molecule has 1 rings (SSSR count). The maximum absolute atomic E-state index is 5.60. The first-order valence-corrected chi connectivity index (χ1v) is 6.53. The minimum absolute atomic E-state index is 0.430. The lowest BCUT2D eigenvalue weighted by molar-refractivity contribution is 0.702. The summed E-state index contributed by atoms with van der Waals surface area (Å²) in [4.78, 5) is 2.74. The van der Waals surface area contributed by atoms with Crippen molar-refractivity contribution in [1.29, 1.82) is 0 Å². The lowest BCUT2D eigenvalue weighted by Gasteiger charge is -2.28. The van der Waals surface area contributed by atoms with Gasteiger partial charge >= 0.3 is 0 Å². The van der Waals surface area contributed by atoms with E-state index in [1.54, 1.807) is 0 Å². The first-order valence-electron chi connectivity index (χ1n) is 5.33. The Kier molecular flexibility index (Phi) is 4.74. The van der Waals surface area contributed by atoms with Crippen LogP contribution in [-0.4, -0.2) is 17.6 Å². The molecule has 0 fully saturated rings. The molecule has 0 radical (unpaired) electrons. The van der Waals surface area contributed by atoms with Gasteiger partial charge in [0, 0.05) is 22.6 Å². The molecule has 0 saturated carbocycles. The Morgan fingerprint density at radius 3 is 2.50 bits per heavy atom. The summed E-state index contributed by atoms with van der Waals surface area (Å²) in [7, 11) is 0. The van der Waals surface area contributed by atoms with E-state index in [1.807, 2.05) is 12.1 Å². The molecule has 0 aliphatic rings. The van der Waals surface area contributed by atoms with E-state index in [1.165, 1.54) is 5.69 Å². The van der Waals surface area contributed by atoms with Crippen molar-refractivity contribution in [2.24, 2.45) is 5.73 Å². The molecule has 0 aliphatic carbocycles. The molecular weight excluding hydrogens is 284 g/mol. The third-order valence-corrected chi connectivity index (χ3v) is 3.38. The van der Waals surface area contributed by atoms with Crippen molar-refractivity contribution >= 4 is 38.8 Å². The van der Waals surface area contributed by atoms with Crippen LogP contribution in [0.15, 0.2) is 22.7 Å². The number of hydrogen-bond donors (Lipinski definition) is 1. The molecule has 2 nitrogen and oxygen atoms in total. The van der Waals surface area contributed by atoms with Gasteiger partial charge in [-0.2, -0.15) is 0 Å². The average molecular weight is 301 g/mol. The number of benzene rings is 1. The Bertz CT molecular complexity index is 391. The summed E-state index contributed by atoms with van der Waals surface area (Å²) in [5.41, 5.74) is 7.67. The molecular formula is C12H17BrN2S. The number of nitrogens with zero attached hydrogens (tertiary/aromatic N) is 1. The Morgan fingerprint density at radius 1 is 1.50 bits per heavy atom. The third-order valence-electron chi connectivity index (χ3n) is 2.51. The molecule has 0 saturated heterocycles. The van der Waals surface area contributed by atoms with E-state index in [0.717, 1.165) is 16.6 Å². The van der Waals surface area contributed by atoms with Crippen molar-refractivity contribution in [3.8, 4) is 0 Å². The van der Waals surface area contributed by atoms with Gasteiger partial charge in [0.1, 0.15) is 4.99 Å². The van der Waals surface area contributed by atoms with Crippen LogP contribution in [0.1, 0.15) is 26.3 Å². The second kappa shape index (κ2) is 5.64.